The summed E-state index contributed by atoms with van der Waals surface area (Å²) in [5, 5.41) is 5.58. The second-order valence-corrected chi connectivity index (χ2v) is 5.01. The zero-order valence-corrected chi connectivity index (χ0v) is 11.4. The molecule has 0 radical (unpaired) electrons. The van der Waals surface area contributed by atoms with Crippen molar-refractivity contribution in [3.05, 3.63) is 41.5 Å². The van der Waals surface area contributed by atoms with E-state index in [0.717, 1.165) is 4.88 Å². The first-order chi connectivity index (χ1) is 9.70. The highest BCUT2D eigenvalue weighted by atomic mass is 32.1. The molecule has 0 aliphatic rings. The highest BCUT2D eigenvalue weighted by Crippen LogP contribution is 2.41. The smallest absolute Gasteiger partial charge is 0.187 e. The summed E-state index contributed by atoms with van der Waals surface area (Å²) in [6, 6.07) is 8.18. The average Bonchev–Trinajstić information content (AvgIpc) is 3.06. The maximum Gasteiger partial charge on any atom is 0.187 e. The van der Waals surface area contributed by atoms with Crippen molar-refractivity contribution in [2.75, 3.05) is 12.8 Å². The number of hydrogen-bond acceptors (Lipinski definition) is 5. The Morgan fingerprint density at radius 3 is 2.85 bits per heavy atom. The normalized spacial score (nSPS) is 10.7. The highest BCUT2D eigenvalue weighted by molar-refractivity contribution is 7.13. The van der Waals surface area contributed by atoms with E-state index in [-0.39, 0.29) is 11.6 Å². The van der Waals surface area contributed by atoms with Crippen LogP contribution in [0.5, 0.6) is 5.75 Å². The summed E-state index contributed by atoms with van der Waals surface area (Å²) in [6.45, 7) is 0. The molecular formula is C14H11FN2O2S. The van der Waals surface area contributed by atoms with Gasteiger partial charge < -0.3 is 15.0 Å². The maximum absolute atomic E-state index is 14.0. The van der Waals surface area contributed by atoms with Crippen molar-refractivity contribution in [2.24, 2.45) is 0 Å². The third-order valence-electron chi connectivity index (χ3n) is 2.90. The van der Waals surface area contributed by atoms with Crippen LogP contribution in [-0.4, -0.2) is 12.3 Å². The number of thiophene rings is 1. The Hall–Kier alpha value is -2.34. The summed E-state index contributed by atoms with van der Waals surface area (Å²) >= 11 is 1.42. The Morgan fingerprint density at radius 1 is 1.35 bits per heavy atom. The van der Waals surface area contributed by atoms with E-state index < -0.39 is 0 Å². The van der Waals surface area contributed by atoms with E-state index >= 15 is 0 Å². The molecule has 0 amide bonds. The van der Waals surface area contributed by atoms with Crippen molar-refractivity contribution in [3.8, 4) is 27.5 Å². The van der Waals surface area contributed by atoms with Gasteiger partial charge in [0, 0.05) is 17.0 Å². The third-order valence-corrected chi connectivity index (χ3v) is 3.80. The summed E-state index contributed by atoms with van der Waals surface area (Å²) in [4.78, 5) is 0.782. The lowest BCUT2D eigenvalue weighted by Gasteiger charge is -2.02. The third kappa shape index (κ3) is 2.04. The van der Waals surface area contributed by atoms with E-state index in [1.54, 1.807) is 31.4 Å². The van der Waals surface area contributed by atoms with Crippen LogP contribution in [0, 0.1) is 5.82 Å². The van der Waals surface area contributed by atoms with Crippen LogP contribution in [0.4, 0.5) is 10.2 Å². The molecule has 0 aliphatic carbocycles. The van der Waals surface area contributed by atoms with Crippen molar-refractivity contribution >= 4 is 17.2 Å². The summed E-state index contributed by atoms with van der Waals surface area (Å²) in [5.41, 5.74) is 6.66. The van der Waals surface area contributed by atoms with Crippen LogP contribution in [0.25, 0.3) is 21.8 Å². The fourth-order valence-electron chi connectivity index (χ4n) is 1.94. The summed E-state index contributed by atoms with van der Waals surface area (Å²) in [5.74, 6) is 0.949. The molecule has 0 saturated heterocycles. The number of nitrogens with zero attached hydrogens (tertiary/aromatic N) is 1. The molecule has 20 heavy (non-hydrogen) atoms. The van der Waals surface area contributed by atoms with Crippen molar-refractivity contribution < 1.29 is 13.7 Å². The van der Waals surface area contributed by atoms with Crippen LogP contribution < -0.4 is 10.5 Å². The first-order valence-corrected chi connectivity index (χ1v) is 6.71. The van der Waals surface area contributed by atoms with Gasteiger partial charge in [-0.1, -0.05) is 23.4 Å². The number of nitrogen functional groups attached to an aromatic ring is 1. The summed E-state index contributed by atoms with van der Waals surface area (Å²) in [7, 11) is 1.58. The fourth-order valence-corrected chi connectivity index (χ4v) is 2.78. The lowest BCUT2D eigenvalue weighted by molar-refractivity contribution is 0.416. The molecule has 0 bridgehead atoms. The van der Waals surface area contributed by atoms with Gasteiger partial charge in [-0.05, 0) is 6.07 Å². The molecule has 3 aromatic rings. The van der Waals surface area contributed by atoms with Gasteiger partial charge in [0.2, 0.25) is 0 Å². The van der Waals surface area contributed by atoms with Crippen molar-refractivity contribution in [3.63, 3.8) is 0 Å². The van der Waals surface area contributed by atoms with E-state index in [1.807, 2.05) is 5.38 Å². The number of halogens is 1. The van der Waals surface area contributed by atoms with E-state index in [0.29, 0.717) is 22.6 Å². The van der Waals surface area contributed by atoms with Crippen LogP contribution in [0.3, 0.4) is 0 Å². The Bertz CT molecular complexity index is 751. The van der Waals surface area contributed by atoms with Crippen LogP contribution in [0.2, 0.25) is 0 Å². The number of benzene rings is 1. The quantitative estimate of drug-likeness (QED) is 0.797. The first kappa shape index (κ1) is 12.7. The monoisotopic (exact) mass is 290 g/mol. The minimum absolute atomic E-state index is 0.164. The van der Waals surface area contributed by atoms with Gasteiger partial charge in [-0.25, -0.2) is 4.39 Å². The molecule has 1 aromatic carbocycles. The van der Waals surface area contributed by atoms with Crippen molar-refractivity contribution in [2.45, 2.75) is 0 Å². The average molecular weight is 290 g/mol. The summed E-state index contributed by atoms with van der Waals surface area (Å²) in [6.07, 6.45) is 0. The molecule has 2 heterocycles. The number of ether oxygens (including phenoxy) is 1. The molecule has 0 fully saturated rings. The Labute approximate surface area is 118 Å². The second-order valence-electron chi connectivity index (χ2n) is 4.10. The molecule has 2 aromatic heterocycles. The summed E-state index contributed by atoms with van der Waals surface area (Å²) < 4.78 is 24.4. The van der Waals surface area contributed by atoms with Gasteiger partial charge in [0.15, 0.2) is 11.6 Å². The molecule has 0 atom stereocenters. The number of anilines is 1. The lowest BCUT2D eigenvalue weighted by atomic mass is 10.0. The van der Waals surface area contributed by atoms with Gasteiger partial charge in [-0.15, -0.1) is 11.3 Å². The number of methoxy groups -OCH3 is 1. The zero-order valence-electron chi connectivity index (χ0n) is 10.6. The van der Waals surface area contributed by atoms with Gasteiger partial charge in [0.05, 0.1) is 17.6 Å². The standard InChI is InChI=1S/C14H11FN2O2S/c1-18-8-6-11(20-7-8)13-12(14(16)17-19-13)9-4-2-3-5-10(9)15/h2-7H,1H3,(H2,16,17). The molecular weight excluding hydrogens is 279 g/mol. The van der Waals surface area contributed by atoms with Gasteiger partial charge in [0.25, 0.3) is 0 Å². The number of hydrogen-bond donors (Lipinski definition) is 1. The largest absolute Gasteiger partial charge is 0.496 e. The number of aromatic nitrogens is 1. The van der Waals surface area contributed by atoms with Gasteiger partial charge >= 0.3 is 0 Å². The first-order valence-electron chi connectivity index (χ1n) is 5.83. The minimum atomic E-state index is -0.368. The molecule has 4 nitrogen and oxygen atoms in total. The van der Waals surface area contributed by atoms with Gasteiger partial charge in [0.1, 0.15) is 11.6 Å². The molecule has 2 N–H and O–H groups in total. The van der Waals surface area contributed by atoms with Crippen LogP contribution in [-0.2, 0) is 0 Å². The molecule has 3 rings (SSSR count). The molecule has 6 heteroatoms. The maximum atomic E-state index is 14.0. The SMILES string of the molecule is COc1csc(-c2onc(N)c2-c2ccccc2F)c1. The molecule has 0 saturated carbocycles. The topological polar surface area (TPSA) is 61.3 Å². The Kier molecular flexibility index (Phi) is 3.15. The van der Waals surface area contributed by atoms with E-state index in [2.05, 4.69) is 5.16 Å². The predicted octanol–water partition coefficient (Wildman–Crippen LogP) is 3.80. The molecule has 0 spiro atoms. The van der Waals surface area contributed by atoms with E-state index in [1.165, 1.54) is 17.4 Å². The molecule has 0 unspecified atom stereocenters. The molecule has 102 valence electrons. The van der Waals surface area contributed by atoms with Crippen molar-refractivity contribution in [1.82, 2.24) is 5.16 Å². The van der Waals surface area contributed by atoms with Gasteiger partial charge in [-0.3, -0.25) is 0 Å². The predicted molar refractivity (Wildman–Crippen MR) is 76.2 cm³/mol. The number of rotatable bonds is 3. The molecule has 0 aliphatic heterocycles. The van der Waals surface area contributed by atoms with Gasteiger partial charge in [-0.2, -0.15) is 0 Å². The number of nitrogens with two attached hydrogens (primary N) is 1. The highest BCUT2D eigenvalue weighted by Gasteiger charge is 2.21. The van der Waals surface area contributed by atoms with E-state index in [4.69, 9.17) is 15.0 Å². The lowest BCUT2D eigenvalue weighted by Crippen LogP contribution is -1.90. The van der Waals surface area contributed by atoms with Crippen molar-refractivity contribution in [1.29, 1.82) is 0 Å². The zero-order chi connectivity index (χ0) is 14.1. The second kappa shape index (κ2) is 4.97. The van der Waals surface area contributed by atoms with Crippen LogP contribution >= 0.6 is 11.3 Å². The Balaban J connectivity index is 2.17. The van der Waals surface area contributed by atoms with Crippen LogP contribution in [0.1, 0.15) is 0 Å². The Morgan fingerprint density at radius 2 is 2.15 bits per heavy atom. The van der Waals surface area contributed by atoms with Crippen LogP contribution in [0.15, 0.2) is 40.2 Å². The van der Waals surface area contributed by atoms with E-state index in [9.17, 15) is 4.39 Å². The minimum Gasteiger partial charge on any atom is -0.496 e. The fraction of sp³-hybridized carbons (Fsp3) is 0.0714.